The lowest BCUT2D eigenvalue weighted by molar-refractivity contribution is -0.193. The zero-order valence-corrected chi connectivity index (χ0v) is 22.9. The normalized spacial score (nSPS) is 20.4. The van der Waals surface area contributed by atoms with Gasteiger partial charge in [0, 0.05) is 38.3 Å². The van der Waals surface area contributed by atoms with Gasteiger partial charge in [-0.25, -0.2) is 19.0 Å². The molecule has 4 rings (SSSR count). The standard InChI is InChI=1S/C23H28FN3O2.2C2HF3O2/c1-2-29-22(28)23-11-5-13-26(14-18-7-9-20(24)10-8-18)15-19(23)16-27(17-23)21-6-3-4-12-25-21;2*3-2(4,5)1(6)7/h3-4,6-10,12,19H,2,5,11,13-17H2,1H3;2*(H,6,7)/t19-,23-;;/m0../s1. The number of ether oxygens (including phenoxy) is 1. The number of halogens is 7. The molecule has 2 aliphatic rings. The molecule has 0 amide bonds. The van der Waals surface area contributed by atoms with Gasteiger partial charge in [0.1, 0.15) is 11.6 Å². The fourth-order valence-corrected chi connectivity index (χ4v) is 4.83. The van der Waals surface area contributed by atoms with Crippen molar-refractivity contribution in [3.8, 4) is 0 Å². The molecule has 2 aromatic rings. The summed E-state index contributed by atoms with van der Waals surface area (Å²) in [5.74, 6) is -4.72. The molecule has 2 N–H and O–H groups in total. The lowest BCUT2D eigenvalue weighted by Gasteiger charge is -2.31. The lowest BCUT2D eigenvalue weighted by atomic mass is 9.75. The van der Waals surface area contributed by atoms with Crippen molar-refractivity contribution in [2.75, 3.05) is 37.7 Å². The van der Waals surface area contributed by atoms with E-state index in [0.717, 1.165) is 50.4 Å². The topological polar surface area (TPSA) is 120 Å². The van der Waals surface area contributed by atoms with E-state index < -0.39 is 29.7 Å². The Balaban J connectivity index is 0.000000384. The van der Waals surface area contributed by atoms with Gasteiger partial charge in [-0.15, -0.1) is 0 Å². The quantitative estimate of drug-likeness (QED) is 0.358. The molecule has 9 nitrogen and oxygen atoms in total. The van der Waals surface area contributed by atoms with Crippen LogP contribution >= 0.6 is 0 Å². The summed E-state index contributed by atoms with van der Waals surface area (Å²) < 4.78 is 82.3. The molecule has 2 atom stereocenters. The van der Waals surface area contributed by atoms with Crippen LogP contribution < -0.4 is 4.90 Å². The average Bonchev–Trinajstić information content (AvgIpc) is 3.20. The SMILES string of the molecule is CCOC(=O)[C@]12CCCN(Cc3ccc(F)cc3)C[C@H]1CN(c1ccccn1)C2.O=C(O)C(F)(F)F.O=C(O)C(F)(F)F. The Labute approximate surface area is 241 Å². The first-order valence-electron chi connectivity index (χ1n) is 12.9. The number of benzene rings is 1. The number of likely N-dealkylation sites (tertiary alicyclic amines) is 1. The van der Waals surface area contributed by atoms with Crippen molar-refractivity contribution >= 4 is 23.7 Å². The van der Waals surface area contributed by atoms with Gasteiger partial charge in [-0.3, -0.25) is 9.69 Å². The third kappa shape index (κ3) is 10.4. The van der Waals surface area contributed by atoms with Crippen LogP contribution in [0.2, 0.25) is 0 Å². The van der Waals surface area contributed by atoms with Crippen molar-refractivity contribution in [2.45, 2.75) is 38.7 Å². The second-order valence-electron chi connectivity index (χ2n) is 9.71. The van der Waals surface area contributed by atoms with Gasteiger partial charge in [0.2, 0.25) is 0 Å². The summed E-state index contributed by atoms with van der Waals surface area (Å²) in [6.45, 7) is 6.22. The predicted octanol–water partition coefficient (Wildman–Crippen LogP) is 4.77. The minimum atomic E-state index is -5.08. The maximum atomic E-state index is 13.2. The maximum absolute atomic E-state index is 13.2. The first-order valence-corrected chi connectivity index (χ1v) is 12.9. The molecule has 238 valence electrons. The van der Waals surface area contributed by atoms with Gasteiger partial charge in [-0.2, -0.15) is 26.3 Å². The van der Waals surface area contributed by atoms with E-state index >= 15 is 0 Å². The summed E-state index contributed by atoms with van der Waals surface area (Å²) in [7, 11) is 0. The van der Waals surface area contributed by atoms with Crippen molar-refractivity contribution in [3.05, 3.63) is 60.0 Å². The largest absolute Gasteiger partial charge is 0.490 e. The lowest BCUT2D eigenvalue weighted by Crippen LogP contribution is -2.42. The van der Waals surface area contributed by atoms with Gasteiger partial charge >= 0.3 is 30.3 Å². The molecule has 2 saturated heterocycles. The van der Waals surface area contributed by atoms with Gasteiger partial charge in [-0.1, -0.05) is 18.2 Å². The molecule has 2 aliphatic heterocycles. The number of aliphatic carboxylic acids is 2. The monoisotopic (exact) mass is 625 g/mol. The number of carboxylic acids is 2. The summed E-state index contributed by atoms with van der Waals surface area (Å²) in [4.78, 5) is 40.0. The number of fused-ring (bicyclic) bond motifs is 1. The van der Waals surface area contributed by atoms with Crippen LogP contribution in [-0.2, 0) is 25.7 Å². The number of esters is 1. The number of carboxylic acid groups (broad SMARTS) is 2. The van der Waals surface area contributed by atoms with Crippen molar-refractivity contribution in [1.82, 2.24) is 9.88 Å². The Kier molecular flexibility index (Phi) is 12.3. The Bertz CT molecular complexity index is 1190. The number of pyridine rings is 1. The molecule has 3 heterocycles. The molecule has 16 heteroatoms. The van der Waals surface area contributed by atoms with Crippen molar-refractivity contribution < 1.29 is 60.1 Å². The zero-order chi connectivity index (χ0) is 32.4. The Hall–Kier alpha value is -3.95. The summed E-state index contributed by atoms with van der Waals surface area (Å²) >= 11 is 0. The molecule has 1 aromatic carbocycles. The molecule has 0 radical (unpaired) electrons. The van der Waals surface area contributed by atoms with E-state index in [1.807, 2.05) is 37.3 Å². The highest BCUT2D eigenvalue weighted by atomic mass is 19.4. The molecule has 0 saturated carbocycles. The van der Waals surface area contributed by atoms with Crippen molar-refractivity contribution in [1.29, 1.82) is 0 Å². The number of hydrogen-bond acceptors (Lipinski definition) is 7. The number of alkyl halides is 6. The first kappa shape index (κ1) is 35.2. The van der Waals surface area contributed by atoms with E-state index in [4.69, 9.17) is 24.5 Å². The number of carbonyl (C=O) groups is 3. The molecule has 0 aliphatic carbocycles. The predicted molar refractivity (Wildman–Crippen MR) is 137 cm³/mol. The maximum Gasteiger partial charge on any atom is 0.490 e. The number of anilines is 1. The van der Waals surface area contributed by atoms with Crippen LogP contribution in [-0.4, -0.2) is 83.1 Å². The zero-order valence-electron chi connectivity index (χ0n) is 22.9. The molecule has 43 heavy (non-hydrogen) atoms. The summed E-state index contributed by atoms with van der Waals surface area (Å²) in [5, 5.41) is 14.2. The fourth-order valence-electron chi connectivity index (χ4n) is 4.83. The van der Waals surface area contributed by atoms with E-state index in [2.05, 4.69) is 14.8 Å². The third-order valence-corrected chi connectivity index (χ3v) is 6.73. The van der Waals surface area contributed by atoms with Crippen LogP contribution in [0.25, 0.3) is 0 Å². The smallest absolute Gasteiger partial charge is 0.475 e. The molecular formula is C27H30F7N3O6. The molecule has 2 fully saturated rings. The minimum Gasteiger partial charge on any atom is -0.475 e. The Morgan fingerprint density at radius 3 is 2.05 bits per heavy atom. The van der Waals surface area contributed by atoms with Crippen LogP contribution in [0.15, 0.2) is 48.7 Å². The van der Waals surface area contributed by atoms with Crippen molar-refractivity contribution in [3.63, 3.8) is 0 Å². The minimum absolute atomic E-state index is 0.0768. The number of hydrogen-bond donors (Lipinski definition) is 2. The highest BCUT2D eigenvalue weighted by Gasteiger charge is 2.54. The van der Waals surface area contributed by atoms with Gasteiger partial charge < -0.3 is 19.8 Å². The highest BCUT2D eigenvalue weighted by molar-refractivity contribution is 5.79. The Morgan fingerprint density at radius 2 is 1.56 bits per heavy atom. The highest BCUT2D eigenvalue weighted by Crippen LogP contribution is 2.45. The van der Waals surface area contributed by atoms with Gasteiger partial charge in [-0.05, 0) is 56.1 Å². The van der Waals surface area contributed by atoms with E-state index in [-0.39, 0.29) is 17.7 Å². The number of carbonyl (C=O) groups excluding carboxylic acids is 1. The summed E-state index contributed by atoms with van der Waals surface area (Å²) in [5.41, 5.74) is 0.597. The van der Waals surface area contributed by atoms with E-state index in [0.29, 0.717) is 13.2 Å². The second kappa shape index (κ2) is 15.0. The van der Waals surface area contributed by atoms with Crippen LogP contribution in [0.3, 0.4) is 0 Å². The molecule has 0 bridgehead atoms. The van der Waals surface area contributed by atoms with Gasteiger partial charge in [0.05, 0.1) is 12.0 Å². The number of rotatable bonds is 5. The van der Waals surface area contributed by atoms with Crippen molar-refractivity contribution in [2.24, 2.45) is 11.3 Å². The van der Waals surface area contributed by atoms with Crippen LogP contribution in [0.4, 0.5) is 36.6 Å². The average molecular weight is 626 g/mol. The van der Waals surface area contributed by atoms with Gasteiger partial charge in [0.25, 0.3) is 0 Å². The fraction of sp³-hybridized carbons (Fsp3) is 0.481. The molecule has 0 spiro atoms. The van der Waals surface area contributed by atoms with Crippen LogP contribution in [0, 0.1) is 17.2 Å². The Morgan fingerprint density at radius 1 is 0.977 bits per heavy atom. The summed E-state index contributed by atoms with van der Waals surface area (Å²) in [6.07, 6.45) is -6.62. The van der Waals surface area contributed by atoms with E-state index in [1.54, 1.807) is 6.20 Å². The van der Waals surface area contributed by atoms with Gasteiger partial charge in [0.15, 0.2) is 0 Å². The van der Waals surface area contributed by atoms with Crippen LogP contribution in [0.1, 0.15) is 25.3 Å². The first-order chi connectivity index (χ1) is 20.0. The molecule has 1 aromatic heterocycles. The number of nitrogens with zero attached hydrogens (tertiary/aromatic N) is 3. The second-order valence-corrected chi connectivity index (χ2v) is 9.71. The molecular weight excluding hydrogens is 595 g/mol. The van der Waals surface area contributed by atoms with E-state index in [9.17, 15) is 35.5 Å². The van der Waals surface area contributed by atoms with E-state index in [1.165, 1.54) is 12.1 Å². The number of aromatic nitrogens is 1. The third-order valence-electron chi connectivity index (χ3n) is 6.73. The summed E-state index contributed by atoms with van der Waals surface area (Å²) in [6, 6.07) is 12.6. The van der Waals surface area contributed by atoms with Crippen LogP contribution in [0.5, 0.6) is 0 Å². The molecule has 0 unspecified atom stereocenters.